The number of alkyl halides is 1. The highest BCUT2D eigenvalue weighted by Gasteiger charge is 2.15. The van der Waals surface area contributed by atoms with Gasteiger partial charge in [-0.05, 0) is 6.07 Å². The lowest BCUT2D eigenvalue weighted by Crippen LogP contribution is -2.31. The largest absolute Gasteiger partial charge is 0.359 e. The second kappa shape index (κ2) is 5.50. The molecular formula is C11H11ClN4O2. The topological polar surface area (TPSA) is 77.6 Å². The van der Waals surface area contributed by atoms with Gasteiger partial charge in [0.1, 0.15) is 0 Å². The summed E-state index contributed by atoms with van der Waals surface area (Å²) in [5.74, 6) is 0.146. The van der Waals surface area contributed by atoms with Crippen molar-refractivity contribution in [3.63, 3.8) is 0 Å². The Kier molecular flexibility index (Phi) is 3.78. The normalized spacial score (nSPS) is 10.3. The molecule has 2 aromatic rings. The number of anilines is 1. The molecule has 7 heteroatoms. The van der Waals surface area contributed by atoms with Crippen molar-refractivity contribution in [1.82, 2.24) is 9.99 Å². The molecule has 0 aliphatic rings. The number of hydrogen-bond acceptors (Lipinski definition) is 3. The molecule has 0 radical (unpaired) electrons. The van der Waals surface area contributed by atoms with Crippen molar-refractivity contribution in [3.8, 4) is 0 Å². The monoisotopic (exact) mass is 266 g/mol. The van der Waals surface area contributed by atoms with Gasteiger partial charge < -0.3 is 10.3 Å². The maximum atomic E-state index is 11.7. The molecule has 18 heavy (non-hydrogen) atoms. The van der Waals surface area contributed by atoms with E-state index >= 15 is 0 Å². The summed E-state index contributed by atoms with van der Waals surface area (Å²) >= 11 is 5.47. The number of amides is 2. The van der Waals surface area contributed by atoms with E-state index in [0.717, 1.165) is 15.9 Å². The lowest BCUT2D eigenvalue weighted by atomic mass is 10.2. The van der Waals surface area contributed by atoms with Gasteiger partial charge in [0.05, 0.1) is 17.5 Å². The van der Waals surface area contributed by atoms with E-state index in [1.165, 1.54) is 0 Å². The Bertz CT molecular complexity index is 569. The second-order valence-electron chi connectivity index (χ2n) is 3.57. The molecule has 0 atom stereocenters. The van der Waals surface area contributed by atoms with E-state index in [9.17, 15) is 9.70 Å². The summed E-state index contributed by atoms with van der Waals surface area (Å²) < 4.78 is 0. The number of carbonyl (C=O) groups excluding carboxylic acids is 1. The number of para-hydroxylation sites is 1. The van der Waals surface area contributed by atoms with Gasteiger partial charge in [0.25, 0.3) is 0 Å². The number of carbonyl (C=O) groups is 1. The molecule has 0 saturated heterocycles. The fourth-order valence-corrected chi connectivity index (χ4v) is 1.77. The van der Waals surface area contributed by atoms with Crippen LogP contribution in [0.15, 0.2) is 35.7 Å². The highest BCUT2D eigenvalue weighted by atomic mass is 35.5. The first-order chi connectivity index (χ1) is 8.76. The fourth-order valence-electron chi connectivity index (χ4n) is 1.61. The number of H-pyrrole nitrogens is 1. The molecule has 0 aliphatic heterocycles. The third-order valence-corrected chi connectivity index (χ3v) is 2.63. The summed E-state index contributed by atoms with van der Waals surface area (Å²) in [5, 5.41) is 6.83. The van der Waals surface area contributed by atoms with Crippen molar-refractivity contribution in [2.24, 2.45) is 5.29 Å². The number of benzene rings is 1. The van der Waals surface area contributed by atoms with Crippen molar-refractivity contribution >= 4 is 34.2 Å². The first kappa shape index (κ1) is 12.4. The Hall–Kier alpha value is -2.08. The Balaban J connectivity index is 2.18. The molecule has 6 nitrogen and oxygen atoms in total. The molecule has 2 N–H and O–H groups in total. The van der Waals surface area contributed by atoms with Crippen LogP contribution in [0, 0.1) is 4.91 Å². The molecule has 0 aliphatic carbocycles. The first-order valence-electron chi connectivity index (χ1n) is 5.30. The Morgan fingerprint density at radius 3 is 2.94 bits per heavy atom. The molecule has 1 aromatic heterocycles. The van der Waals surface area contributed by atoms with Crippen LogP contribution in [0.4, 0.5) is 10.5 Å². The van der Waals surface area contributed by atoms with Crippen molar-refractivity contribution < 1.29 is 4.79 Å². The van der Waals surface area contributed by atoms with Crippen LogP contribution in [0.2, 0.25) is 0 Å². The molecule has 0 spiro atoms. The molecule has 2 rings (SSSR count). The lowest BCUT2D eigenvalue weighted by Gasteiger charge is -2.12. The van der Waals surface area contributed by atoms with Crippen LogP contribution in [0.1, 0.15) is 0 Å². The van der Waals surface area contributed by atoms with E-state index in [-0.39, 0.29) is 12.4 Å². The third kappa shape index (κ3) is 2.43. The summed E-state index contributed by atoms with van der Waals surface area (Å²) in [7, 11) is 0. The lowest BCUT2D eigenvalue weighted by molar-refractivity contribution is 0.216. The van der Waals surface area contributed by atoms with Crippen molar-refractivity contribution in [2.75, 3.05) is 17.7 Å². The van der Waals surface area contributed by atoms with Crippen LogP contribution in [-0.4, -0.2) is 28.4 Å². The number of rotatable bonds is 4. The quantitative estimate of drug-likeness (QED) is 0.507. The summed E-state index contributed by atoms with van der Waals surface area (Å²) in [6.07, 6.45) is 1.66. The number of nitroso groups, excluding NO2 is 1. The average molecular weight is 267 g/mol. The summed E-state index contributed by atoms with van der Waals surface area (Å²) in [4.78, 5) is 25.2. The molecule has 0 bridgehead atoms. The van der Waals surface area contributed by atoms with E-state index in [4.69, 9.17) is 11.6 Å². The number of urea groups is 1. The molecular weight excluding hydrogens is 256 g/mol. The van der Waals surface area contributed by atoms with Crippen molar-refractivity contribution in [1.29, 1.82) is 0 Å². The smallest absolute Gasteiger partial charge is 0.344 e. The summed E-state index contributed by atoms with van der Waals surface area (Å²) in [6.45, 7) is 0.0687. The zero-order valence-electron chi connectivity index (χ0n) is 9.39. The molecule has 1 aromatic carbocycles. The van der Waals surface area contributed by atoms with Crippen LogP contribution in [-0.2, 0) is 0 Å². The van der Waals surface area contributed by atoms with Crippen LogP contribution in [0.5, 0.6) is 0 Å². The third-order valence-electron chi connectivity index (χ3n) is 2.46. The molecule has 0 saturated carbocycles. The van der Waals surface area contributed by atoms with Gasteiger partial charge in [-0.3, -0.25) is 0 Å². The van der Waals surface area contributed by atoms with E-state index in [2.05, 4.69) is 15.6 Å². The van der Waals surface area contributed by atoms with E-state index in [1.807, 2.05) is 24.3 Å². The molecule has 0 fully saturated rings. The zero-order chi connectivity index (χ0) is 13.0. The minimum Gasteiger partial charge on any atom is -0.359 e. The predicted molar refractivity (Wildman–Crippen MR) is 70.5 cm³/mol. The van der Waals surface area contributed by atoms with Gasteiger partial charge in [0, 0.05) is 23.0 Å². The number of aromatic amines is 1. The Labute approximate surface area is 108 Å². The Morgan fingerprint density at radius 2 is 2.22 bits per heavy atom. The molecule has 1 heterocycles. The van der Waals surface area contributed by atoms with Gasteiger partial charge in [-0.1, -0.05) is 18.2 Å². The van der Waals surface area contributed by atoms with Crippen molar-refractivity contribution in [2.45, 2.75) is 0 Å². The minimum absolute atomic E-state index is 0.0687. The number of hydrogen-bond donors (Lipinski definition) is 2. The van der Waals surface area contributed by atoms with E-state index in [0.29, 0.717) is 5.69 Å². The van der Waals surface area contributed by atoms with Gasteiger partial charge in [-0.25, -0.2) is 4.79 Å². The maximum Gasteiger partial charge on any atom is 0.344 e. The van der Waals surface area contributed by atoms with E-state index < -0.39 is 6.03 Å². The standard InChI is InChI=1S/C11H11ClN4O2/c12-5-6-16(15-18)11(17)14-10-7-13-9-4-2-1-3-8(9)10/h1-4,7,13H,5-6H2,(H,14,17). The van der Waals surface area contributed by atoms with Gasteiger partial charge in [-0.15, -0.1) is 16.5 Å². The Morgan fingerprint density at radius 1 is 1.44 bits per heavy atom. The number of nitrogens with one attached hydrogen (secondary N) is 2. The molecule has 94 valence electrons. The van der Waals surface area contributed by atoms with Gasteiger partial charge in [-0.2, -0.15) is 5.01 Å². The number of fused-ring (bicyclic) bond motifs is 1. The van der Waals surface area contributed by atoms with E-state index in [1.54, 1.807) is 6.20 Å². The molecule has 2 amide bonds. The highest BCUT2D eigenvalue weighted by Crippen LogP contribution is 2.22. The van der Waals surface area contributed by atoms with Crippen LogP contribution < -0.4 is 5.32 Å². The maximum absolute atomic E-state index is 11.7. The SMILES string of the molecule is O=NN(CCCl)C(=O)Nc1c[nH]c2ccccc12. The summed E-state index contributed by atoms with van der Waals surface area (Å²) in [5.41, 5.74) is 1.49. The van der Waals surface area contributed by atoms with Crippen LogP contribution >= 0.6 is 11.6 Å². The first-order valence-corrected chi connectivity index (χ1v) is 5.83. The van der Waals surface area contributed by atoms with Crippen molar-refractivity contribution in [3.05, 3.63) is 35.4 Å². The van der Waals surface area contributed by atoms with Crippen LogP contribution in [0.25, 0.3) is 10.9 Å². The number of nitrogens with zero attached hydrogens (tertiary/aromatic N) is 2. The van der Waals surface area contributed by atoms with Gasteiger partial charge in [0.2, 0.25) is 0 Å². The number of aromatic nitrogens is 1. The average Bonchev–Trinajstić information content (AvgIpc) is 2.79. The molecule has 0 unspecified atom stereocenters. The van der Waals surface area contributed by atoms with Crippen LogP contribution in [0.3, 0.4) is 0 Å². The highest BCUT2D eigenvalue weighted by molar-refractivity contribution is 6.18. The zero-order valence-corrected chi connectivity index (χ0v) is 10.1. The van der Waals surface area contributed by atoms with Gasteiger partial charge >= 0.3 is 6.03 Å². The summed E-state index contributed by atoms with van der Waals surface area (Å²) in [6, 6.07) is 6.90. The second-order valence-corrected chi connectivity index (χ2v) is 3.95. The predicted octanol–water partition coefficient (Wildman–Crippen LogP) is 2.92. The van der Waals surface area contributed by atoms with Gasteiger partial charge in [0.15, 0.2) is 0 Å². The fraction of sp³-hybridized carbons (Fsp3) is 0.182. The number of halogens is 1. The minimum atomic E-state index is -0.601.